The average Bonchev–Trinajstić information content (AvgIpc) is 3.48. The minimum absolute atomic E-state index is 0.0532. The molecule has 1 aromatic heterocycles. The van der Waals surface area contributed by atoms with Crippen LogP contribution in [0.5, 0.6) is 5.75 Å². The Kier molecular flexibility index (Phi) is 7.90. The van der Waals surface area contributed by atoms with E-state index in [4.69, 9.17) is 9.47 Å². The van der Waals surface area contributed by atoms with E-state index in [9.17, 15) is 14.7 Å². The van der Waals surface area contributed by atoms with Gasteiger partial charge in [-0.1, -0.05) is 43.0 Å². The molecule has 0 spiro atoms. The molecular weight excluding hydrogens is 496 g/mol. The first-order valence-corrected chi connectivity index (χ1v) is 13.0. The molecule has 3 aromatic rings. The van der Waals surface area contributed by atoms with E-state index in [1.165, 1.54) is 6.20 Å². The number of para-hydroxylation sites is 1. The van der Waals surface area contributed by atoms with Crippen LogP contribution in [0.15, 0.2) is 79.0 Å². The Morgan fingerprint density at radius 1 is 1.10 bits per heavy atom. The Morgan fingerprint density at radius 3 is 2.51 bits per heavy atom. The lowest BCUT2D eigenvalue weighted by molar-refractivity contribution is -0.140. The van der Waals surface area contributed by atoms with E-state index in [0.717, 1.165) is 18.8 Å². The molecule has 2 saturated heterocycles. The van der Waals surface area contributed by atoms with Crippen molar-refractivity contribution in [3.8, 4) is 11.4 Å². The molecule has 2 aliphatic heterocycles. The molecule has 39 heavy (non-hydrogen) atoms. The van der Waals surface area contributed by atoms with Gasteiger partial charge in [0, 0.05) is 26.2 Å². The van der Waals surface area contributed by atoms with Gasteiger partial charge in [-0.05, 0) is 36.8 Å². The second-order valence-electron chi connectivity index (χ2n) is 9.51. The number of carbonyl (C=O) groups excluding carboxylic acids is 2. The third-order valence-electron chi connectivity index (χ3n) is 7.13. The molecule has 0 aliphatic carbocycles. The molecule has 0 bridgehead atoms. The summed E-state index contributed by atoms with van der Waals surface area (Å²) in [5, 5.41) is 16.0. The maximum atomic E-state index is 13.5. The van der Waals surface area contributed by atoms with E-state index in [0.29, 0.717) is 55.5 Å². The van der Waals surface area contributed by atoms with Crippen molar-refractivity contribution in [2.24, 2.45) is 0 Å². The van der Waals surface area contributed by atoms with Crippen LogP contribution in [0, 0.1) is 6.92 Å². The van der Waals surface area contributed by atoms with Gasteiger partial charge in [-0.2, -0.15) is 5.10 Å². The number of hydrogen-bond acceptors (Lipinski definition) is 7. The highest BCUT2D eigenvalue weighted by Crippen LogP contribution is 2.40. The van der Waals surface area contributed by atoms with Crippen LogP contribution >= 0.6 is 0 Å². The van der Waals surface area contributed by atoms with Gasteiger partial charge in [0.2, 0.25) is 0 Å². The quantitative estimate of drug-likeness (QED) is 0.197. The summed E-state index contributed by atoms with van der Waals surface area (Å²) >= 11 is 0. The van der Waals surface area contributed by atoms with Crippen molar-refractivity contribution in [2.75, 3.05) is 46.0 Å². The highest BCUT2D eigenvalue weighted by Gasteiger charge is 2.46. The summed E-state index contributed by atoms with van der Waals surface area (Å²) in [5.41, 5.74) is 2.65. The number of rotatable bonds is 9. The summed E-state index contributed by atoms with van der Waals surface area (Å²) in [6.45, 7) is 9.60. The molecule has 0 saturated carbocycles. The third-order valence-corrected chi connectivity index (χ3v) is 7.13. The minimum Gasteiger partial charge on any atom is -0.507 e. The van der Waals surface area contributed by atoms with Crippen LogP contribution in [-0.4, -0.2) is 82.4 Å². The number of Topliss-reactive ketones (excluding diaryl/α,β-unsaturated/α-hetero) is 1. The number of aliphatic hydroxyl groups excluding tert-OH is 1. The summed E-state index contributed by atoms with van der Waals surface area (Å²) in [6, 6.07) is 16.0. The van der Waals surface area contributed by atoms with Crippen molar-refractivity contribution in [2.45, 2.75) is 13.0 Å². The lowest BCUT2D eigenvalue weighted by Gasteiger charge is -2.31. The van der Waals surface area contributed by atoms with Gasteiger partial charge in [0.25, 0.3) is 11.7 Å². The number of amides is 1. The number of aromatic nitrogens is 2. The Hall–Kier alpha value is -4.21. The number of likely N-dealkylation sites (tertiary alicyclic amines) is 1. The number of carbonyl (C=O) groups is 2. The number of ketones is 1. The Bertz CT molecular complexity index is 1370. The summed E-state index contributed by atoms with van der Waals surface area (Å²) in [5.74, 6) is -0.934. The SMILES string of the molecule is C=CCOc1ccc(C2/C(=C(\O)c3cnn(-c4ccccc4)c3C)C(=O)C(=O)N2CCN2CCOCC2)cc1. The van der Waals surface area contributed by atoms with Crippen LogP contribution in [0.1, 0.15) is 22.9 Å². The second-order valence-corrected chi connectivity index (χ2v) is 9.51. The maximum absolute atomic E-state index is 13.5. The Morgan fingerprint density at radius 2 is 1.82 bits per heavy atom. The van der Waals surface area contributed by atoms with Gasteiger partial charge in [0.15, 0.2) is 0 Å². The number of hydrogen-bond donors (Lipinski definition) is 1. The molecule has 1 unspecified atom stereocenters. The van der Waals surface area contributed by atoms with Gasteiger partial charge in [-0.25, -0.2) is 4.68 Å². The van der Waals surface area contributed by atoms with Gasteiger partial charge in [-0.15, -0.1) is 0 Å². The molecule has 2 aromatic carbocycles. The van der Waals surface area contributed by atoms with Crippen LogP contribution in [0.4, 0.5) is 0 Å². The molecule has 0 radical (unpaired) electrons. The minimum atomic E-state index is -0.751. The molecular formula is C30H32N4O5. The Balaban J connectivity index is 1.54. The Labute approximate surface area is 227 Å². The second kappa shape index (κ2) is 11.7. The van der Waals surface area contributed by atoms with Crippen molar-refractivity contribution in [3.63, 3.8) is 0 Å². The standard InChI is InChI=1S/C30H32N4O5/c1-3-17-39-24-11-9-22(10-12-24)27-26(29(36)30(37)33(27)14-13-32-15-18-38-19-16-32)28(35)25-20-31-34(21(25)2)23-7-5-4-6-8-23/h3-12,20,27,35H,1,13-19H2,2H3/b28-26+. The lowest BCUT2D eigenvalue weighted by Crippen LogP contribution is -2.42. The van der Waals surface area contributed by atoms with Crippen molar-refractivity contribution < 1.29 is 24.2 Å². The van der Waals surface area contributed by atoms with E-state index in [2.05, 4.69) is 16.6 Å². The van der Waals surface area contributed by atoms with E-state index >= 15 is 0 Å². The van der Waals surface area contributed by atoms with Crippen LogP contribution in [0.2, 0.25) is 0 Å². The van der Waals surface area contributed by atoms with Gasteiger partial charge >= 0.3 is 0 Å². The fourth-order valence-electron chi connectivity index (χ4n) is 5.05. The fraction of sp³-hybridized carbons (Fsp3) is 0.300. The van der Waals surface area contributed by atoms with Crippen molar-refractivity contribution >= 4 is 17.4 Å². The topological polar surface area (TPSA) is 97.1 Å². The van der Waals surface area contributed by atoms with E-state index in [1.807, 2.05) is 49.4 Å². The molecule has 2 aliphatic rings. The zero-order chi connectivity index (χ0) is 27.4. The predicted octanol–water partition coefficient (Wildman–Crippen LogP) is 3.50. The van der Waals surface area contributed by atoms with E-state index < -0.39 is 17.7 Å². The van der Waals surface area contributed by atoms with E-state index in [1.54, 1.807) is 27.8 Å². The lowest BCUT2D eigenvalue weighted by atomic mass is 9.95. The number of aliphatic hydroxyl groups is 1. The zero-order valence-electron chi connectivity index (χ0n) is 22.0. The first kappa shape index (κ1) is 26.4. The van der Waals surface area contributed by atoms with Gasteiger partial charge in [0.05, 0.1) is 48.0 Å². The molecule has 9 nitrogen and oxygen atoms in total. The summed E-state index contributed by atoms with van der Waals surface area (Å²) in [7, 11) is 0. The van der Waals surface area contributed by atoms with Gasteiger partial charge in [-0.3, -0.25) is 14.5 Å². The van der Waals surface area contributed by atoms with Gasteiger partial charge < -0.3 is 19.5 Å². The molecule has 1 N–H and O–H groups in total. The van der Waals surface area contributed by atoms with Crippen LogP contribution in [-0.2, 0) is 14.3 Å². The van der Waals surface area contributed by atoms with Crippen molar-refractivity contribution in [1.29, 1.82) is 0 Å². The zero-order valence-corrected chi connectivity index (χ0v) is 22.0. The molecule has 1 atom stereocenters. The molecule has 9 heteroatoms. The van der Waals surface area contributed by atoms with Crippen molar-refractivity contribution in [1.82, 2.24) is 19.6 Å². The number of morpholine rings is 1. The molecule has 3 heterocycles. The van der Waals surface area contributed by atoms with Crippen molar-refractivity contribution in [3.05, 3.63) is 95.8 Å². The van der Waals surface area contributed by atoms with Gasteiger partial charge in [0.1, 0.15) is 18.1 Å². The molecule has 202 valence electrons. The smallest absolute Gasteiger partial charge is 0.295 e. The highest BCUT2D eigenvalue weighted by atomic mass is 16.5. The monoisotopic (exact) mass is 528 g/mol. The number of nitrogens with zero attached hydrogens (tertiary/aromatic N) is 4. The third kappa shape index (κ3) is 5.36. The van der Waals surface area contributed by atoms with Crippen LogP contribution < -0.4 is 4.74 Å². The summed E-state index contributed by atoms with van der Waals surface area (Å²) in [6.07, 6.45) is 3.19. The first-order valence-electron chi connectivity index (χ1n) is 13.0. The molecule has 2 fully saturated rings. The summed E-state index contributed by atoms with van der Waals surface area (Å²) < 4.78 is 12.8. The highest BCUT2D eigenvalue weighted by molar-refractivity contribution is 6.46. The molecule has 1 amide bonds. The normalized spacial score (nSPS) is 19.4. The largest absolute Gasteiger partial charge is 0.507 e. The average molecular weight is 529 g/mol. The van der Waals surface area contributed by atoms with E-state index in [-0.39, 0.29) is 11.3 Å². The first-order chi connectivity index (χ1) is 19.0. The van der Waals surface area contributed by atoms with Crippen LogP contribution in [0.25, 0.3) is 11.4 Å². The number of benzene rings is 2. The fourth-order valence-corrected chi connectivity index (χ4v) is 5.05. The molecule has 5 rings (SSSR count). The number of ether oxygens (including phenoxy) is 2. The predicted molar refractivity (Wildman–Crippen MR) is 147 cm³/mol. The summed E-state index contributed by atoms with van der Waals surface area (Å²) in [4.78, 5) is 30.6. The van der Waals surface area contributed by atoms with Crippen LogP contribution in [0.3, 0.4) is 0 Å². The maximum Gasteiger partial charge on any atom is 0.295 e.